The van der Waals surface area contributed by atoms with Gasteiger partial charge in [0, 0.05) is 36.4 Å². The minimum absolute atomic E-state index is 0.306. The van der Waals surface area contributed by atoms with Gasteiger partial charge in [0.25, 0.3) is 0 Å². The second kappa shape index (κ2) is 5.10. The highest BCUT2D eigenvalue weighted by atomic mass is 16.7. The molecule has 0 unspecified atom stereocenters. The molecule has 5 heteroatoms. The Bertz CT molecular complexity index is 782. The van der Waals surface area contributed by atoms with Gasteiger partial charge in [0.2, 0.25) is 6.79 Å². The Labute approximate surface area is 121 Å². The van der Waals surface area contributed by atoms with Crippen LogP contribution in [0.25, 0.3) is 11.0 Å². The van der Waals surface area contributed by atoms with E-state index in [1.165, 1.54) is 5.56 Å². The predicted molar refractivity (Wildman–Crippen MR) is 79.2 cm³/mol. The van der Waals surface area contributed by atoms with Gasteiger partial charge in [0.1, 0.15) is 5.65 Å². The van der Waals surface area contributed by atoms with E-state index in [0.717, 1.165) is 41.2 Å². The van der Waals surface area contributed by atoms with E-state index in [-0.39, 0.29) is 0 Å². The van der Waals surface area contributed by atoms with Crippen LogP contribution in [0.3, 0.4) is 0 Å². The molecule has 5 nitrogen and oxygen atoms in total. The Balaban J connectivity index is 1.47. The summed E-state index contributed by atoms with van der Waals surface area (Å²) < 4.78 is 10.9. The Morgan fingerprint density at radius 2 is 2.05 bits per heavy atom. The number of rotatable bonds is 4. The second-order valence-electron chi connectivity index (χ2n) is 4.97. The number of nitrogens with zero attached hydrogens (tertiary/aromatic N) is 1. The molecule has 0 amide bonds. The van der Waals surface area contributed by atoms with E-state index < -0.39 is 0 Å². The van der Waals surface area contributed by atoms with Crippen LogP contribution in [0, 0.1) is 0 Å². The summed E-state index contributed by atoms with van der Waals surface area (Å²) in [5.41, 5.74) is 3.25. The summed E-state index contributed by atoms with van der Waals surface area (Å²) in [6.07, 6.45) is 3.79. The van der Waals surface area contributed by atoms with Crippen molar-refractivity contribution >= 4 is 11.0 Å². The average molecular weight is 281 g/mol. The lowest BCUT2D eigenvalue weighted by molar-refractivity contribution is 0.173. The number of nitrogens with one attached hydrogen (secondary N) is 2. The van der Waals surface area contributed by atoms with Crippen LogP contribution < -0.4 is 14.8 Å². The third kappa shape index (κ3) is 2.21. The zero-order valence-electron chi connectivity index (χ0n) is 11.4. The smallest absolute Gasteiger partial charge is 0.231 e. The Morgan fingerprint density at radius 1 is 1.10 bits per heavy atom. The van der Waals surface area contributed by atoms with E-state index in [9.17, 15) is 0 Å². The highest BCUT2D eigenvalue weighted by Crippen LogP contribution is 2.35. The highest BCUT2D eigenvalue weighted by Gasteiger charge is 2.16. The van der Waals surface area contributed by atoms with Crippen LogP contribution in [0.2, 0.25) is 0 Å². The minimum Gasteiger partial charge on any atom is -0.454 e. The molecule has 3 aromatic rings. The Morgan fingerprint density at radius 3 is 3.05 bits per heavy atom. The Hall–Kier alpha value is -2.53. The quantitative estimate of drug-likeness (QED) is 0.771. The number of H-pyrrole nitrogens is 1. The maximum Gasteiger partial charge on any atom is 0.231 e. The van der Waals surface area contributed by atoms with Crippen molar-refractivity contribution in [2.24, 2.45) is 0 Å². The van der Waals surface area contributed by atoms with Crippen molar-refractivity contribution in [2.75, 3.05) is 6.79 Å². The van der Waals surface area contributed by atoms with Crippen LogP contribution in [0.1, 0.15) is 11.1 Å². The van der Waals surface area contributed by atoms with Gasteiger partial charge in [0.15, 0.2) is 11.5 Å². The van der Waals surface area contributed by atoms with Crippen LogP contribution in [0.4, 0.5) is 0 Å². The standard InChI is InChI=1S/C16H15N3O2/c1-3-11(15-14(5-1)20-10-21-15)7-17-8-12-9-19-16-13(12)4-2-6-18-16/h1-6,9,17H,7-8,10H2,(H,18,19). The molecule has 106 valence electrons. The second-order valence-corrected chi connectivity index (χ2v) is 4.97. The lowest BCUT2D eigenvalue weighted by Gasteiger charge is -2.07. The maximum absolute atomic E-state index is 5.51. The van der Waals surface area contributed by atoms with Gasteiger partial charge in [-0.25, -0.2) is 4.98 Å². The molecule has 0 saturated carbocycles. The lowest BCUT2D eigenvalue weighted by atomic mass is 10.1. The average Bonchev–Trinajstić information content (AvgIpc) is 3.15. The number of hydrogen-bond donors (Lipinski definition) is 2. The van der Waals surface area contributed by atoms with Crippen molar-refractivity contribution in [3.05, 3.63) is 53.9 Å². The highest BCUT2D eigenvalue weighted by molar-refractivity contribution is 5.79. The molecule has 0 bridgehead atoms. The number of aromatic nitrogens is 2. The van der Waals surface area contributed by atoms with E-state index in [0.29, 0.717) is 6.79 Å². The number of aromatic amines is 1. The summed E-state index contributed by atoms with van der Waals surface area (Å²) in [4.78, 5) is 7.48. The van der Waals surface area contributed by atoms with Crippen LogP contribution in [-0.4, -0.2) is 16.8 Å². The fourth-order valence-corrected chi connectivity index (χ4v) is 2.62. The van der Waals surface area contributed by atoms with Gasteiger partial charge in [-0.15, -0.1) is 0 Å². The van der Waals surface area contributed by atoms with Crippen LogP contribution in [-0.2, 0) is 13.1 Å². The molecule has 1 aliphatic rings. The van der Waals surface area contributed by atoms with E-state index >= 15 is 0 Å². The summed E-state index contributed by atoms with van der Waals surface area (Å²) in [7, 11) is 0. The van der Waals surface area contributed by atoms with Crippen molar-refractivity contribution < 1.29 is 9.47 Å². The zero-order chi connectivity index (χ0) is 14.1. The molecule has 0 atom stereocenters. The fourth-order valence-electron chi connectivity index (χ4n) is 2.62. The van der Waals surface area contributed by atoms with Gasteiger partial charge < -0.3 is 19.8 Å². The zero-order valence-corrected chi connectivity index (χ0v) is 11.4. The maximum atomic E-state index is 5.51. The largest absolute Gasteiger partial charge is 0.454 e. The van der Waals surface area contributed by atoms with Gasteiger partial charge in [0.05, 0.1) is 0 Å². The molecule has 0 aliphatic carbocycles. The van der Waals surface area contributed by atoms with Gasteiger partial charge in [-0.1, -0.05) is 12.1 Å². The van der Waals surface area contributed by atoms with Gasteiger partial charge in [-0.05, 0) is 23.8 Å². The van der Waals surface area contributed by atoms with E-state index in [1.807, 2.05) is 24.4 Å². The molecule has 2 aromatic heterocycles. The van der Waals surface area contributed by atoms with Gasteiger partial charge in [-0.2, -0.15) is 0 Å². The summed E-state index contributed by atoms with van der Waals surface area (Å²) in [5, 5.41) is 4.60. The van der Waals surface area contributed by atoms with E-state index in [4.69, 9.17) is 9.47 Å². The fraction of sp³-hybridized carbons (Fsp3) is 0.188. The van der Waals surface area contributed by atoms with E-state index in [1.54, 1.807) is 6.20 Å². The van der Waals surface area contributed by atoms with Crippen LogP contribution in [0.5, 0.6) is 11.5 Å². The van der Waals surface area contributed by atoms with Crippen LogP contribution >= 0.6 is 0 Å². The van der Waals surface area contributed by atoms with Crippen molar-refractivity contribution in [3.63, 3.8) is 0 Å². The number of ether oxygens (including phenoxy) is 2. The molecule has 3 heterocycles. The molecule has 2 N–H and O–H groups in total. The van der Waals surface area contributed by atoms with Crippen LogP contribution in [0.15, 0.2) is 42.7 Å². The molecular weight excluding hydrogens is 266 g/mol. The normalized spacial score (nSPS) is 13.0. The number of fused-ring (bicyclic) bond motifs is 2. The number of para-hydroxylation sites is 1. The number of pyridine rings is 1. The van der Waals surface area contributed by atoms with Crippen molar-refractivity contribution in [1.29, 1.82) is 0 Å². The summed E-state index contributed by atoms with van der Waals surface area (Å²) >= 11 is 0. The molecule has 0 spiro atoms. The number of benzene rings is 1. The Kier molecular flexibility index (Phi) is 2.97. The van der Waals surface area contributed by atoms with Crippen molar-refractivity contribution in [3.8, 4) is 11.5 Å². The third-order valence-electron chi connectivity index (χ3n) is 3.65. The molecule has 21 heavy (non-hydrogen) atoms. The van der Waals surface area contributed by atoms with Gasteiger partial charge >= 0.3 is 0 Å². The van der Waals surface area contributed by atoms with Crippen molar-refractivity contribution in [1.82, 2.24) is 15.3 Å². The minimum atomic E-state index is 0.306. The molecule has 1 aromatic carbocycles. The summed E-state index contributed by atoms with van der Waals surface area (Å²) in [6.45, 7) is 1.82. The summed E-state index contributed by atoms with van der Waals surface area (Å²) in [5.74, 6) is 1.68. The molecule has 0 radical (unpaired) electrons. The topological polar surface area (TPSA) is 59.2 Å². The first-order valence-corrected chi connectivity index (χ1v) is 6.91. The third-order valence-corrected chi connectivity index (χ3v) is 3.65. The predicted octanol–water partition coefficient (Wildman–Crippen LogP) is 2.58. The SMILES string of the molecule is c1cc(CNCc2c[nH]c3ncccc23)c2c(c1)OCO2. The first-order valence-electron chi connectivity index (χ1n) is 6.91. The number of hydrogen-bond acceptors (Lipinski definition) is 4. The van der Waals surface area contributed by atoms with Gasteiger partial charge in [-0.3, -0.25) is 0 Å². The first kappa shape index (κ1) is 12.2. The molecule has 1 aliphatic heterocycles. The molecule has 0 saturated heterocycles. The van der Waals surface area contributed by atoms with E-state index in [2.05, 4.69) is 27.4 Å². The monoisotopic (exact) mass is 281 g/mol. The molecular formula is C16H15N3O2. The first-order chi connectivity index (χ1) is 10.4. The molecule has 0 fully saturated rings. The lowest BCUT2D eigenvalue weighted by Crippen LogP contribution is -2.12. The summed E-state index contributed by atoms with van der Waals surface area (Å²) in [6, 6.07) is 10.00. The molecule has 4 rings (SSSR count). The van der Waals surface area contributed by atoms with Crippen molar-refractivity contribution in [2.45, 2.75) is 13.1 Å².